The monoisotopic (exact) mass is 319 g/mol. The van der Waals surface area contributed by atoms with Gasteiger partial charge >= 0.3 is 0 Å². The Hall–Kier alpha value is -2.01. The van der Waals surface area contributed by atoms with Crippen LogP contribution in [-0.2, 0) is 23.0 Å². The lowest BCUT2D eigenvalue weighted by Crippen LogP contribution is -2.26. The number of benzene rings is 2. The molecule has 116 valence electrons. The van der Waals surface area contributed by atoms with Crippen LogP contribution in [-0.4, -0.2) is 22.9 Å². The molecule has 1 atom stereocenters. The topological polar surface area (TPSA) is 46.2 Å². The molecule has 0 spiro atoms. The quantitative estimate of drug-likeness (QED) is 0.890. The van der Waals surface area contributed by atoms with Gasteiger partial charge in [-0.25, -0.2) is 4.39 Å². The van der Waals surface area contributed by atoms with Gasteiger partial charge in [-0.15, -0.1) is 0 Å². The molecule has 1 amide bonds. The van der Waals surface area contributed by atoms with E-state index < -0.39 is 10.8 Å². The molecule has 2 aromatic carbocycles. The Bertz CT molecular complexity index is 688. The lowest BCUT2D eigenvalue weighted by Gasteiger charge is -2.07. The zero-order chi connectivity index (χ0) is 15.9. The molecule has 0 heterocycles. The maximum absolute atomic E-state index is 13.5. The Morgan fingerprint density at radius 2 is 1.95 bits per heavy atom. The van der Waals surface area contributed by atoms with Crippen LogP contribution in [0.3, 0.4) is 0 Å². The Morgan fingerprint density at radius 1 is 1.18 bits per heavy atom. The highest BCUT2D eigenvalue weighted by Crippen LogP contribution is 2.09. The van der Waals surface area contributed by atoms with Gasteiger partial charge in [-0.05, 0) is 35.7 Å². The largest absolute Gasteiger partial charge is 0.352 e. The summed E-state index contributed by atoms with van der Waals surface area (Å²) in [5.41, 5.74) is 1.97. The summed E-state index contributed by atoms with van der Waals surface area (Å²) in [6, 6.07) is 13.6. The normalized spacial score (nSPS) is 11.9. The van der Waals surface area contributed by atoms with Crippen molar-refractivity contribution in [1.82, 2.24) is 5.32 Å². The maximum Gasteiger partial charge on any atom is 0.251 e. The minimum atomic E-state index is -0.944. The predicted molar refractivity (Wildman–Crippen MR) is 86.6 cm³/mol. The Kier molecular flexibility index (Phi) is 5.83. The molecule has 22 heavy (non-hydrogen) atoms. The van der Waals surface area contributed by atoms with E-state index in [0.717, 1.165) is 5.56 Å². The first kappa shape index (κ1) is 16.4. The van der Waals surface area contributed by atoms with E-state index in [4.69, 9.17) is 0 Å². The summed E-state index contributed by atoms with van der Waals surface area (Å²) >= 11 is 0. The number of hydrogen-bond donors (Lipinski definition) is 1. The molecule has 0 fully saturated rings. The molecule has 0 aliphatic carbocycles. The van der Waals surface area contributed by atoms with Crippen LogP contribution in [0.5, 0.6) is 0 Å². The van der Waals surface area contributed by atoms with Crippen molar-refractivity contribution in [2.45, 2.75) is 12.2 Å². The molecule has 3 nitrogen and oxygen atoms in total. The first-order chi connectivity index (χ1) is 10.6. The minimum absolute atomic E-state index is 0.208. The standard InChI is InChI=1S/C17H18FNO2S/c1-22(21)12-13-5-4-7-15(11-13)17(20)19-10-9-14-6-2-3-8-16(14)18/h2-8,11H,9-10,12H2,1H3,(H,19,20). The number of carbonyl (C=O) groups excluding carboxylic acids is 1. The van der Waals surface area contributed by atoms with Gasteiger partial charge < -0.3 is 5.32 Å². The van der Waals surface area contributed by atoms with E-state index in [2.05, 4.69) is 5.32 Å². The fourth-order valence-corrected chi connectivity index (χ4v) is 2.80. The Labute approximate surface area is 132 Å². The third-order valence-corrected chi connectivity index (χ3v) is 3.94. The van der Waals surface area contributed by atoms with Gasteiger partial charge in [0, 0.05) is 34.9 Å². The van der Waals surface area contributed by atoms with E-state index in [1.165, 1.54) is 6.07 Å². The van der Waals surface area contributed by atoms with Crippen LogP contribution < -0.4 is 5.32 Å². The average molecular weight is 319 g/mol. The predicted octanol–water partition coefficient (Wildman–Crippen LogP) is 2.68. The smallest absolute Gasteiger partial charge is 0.251 e. The van der Waals surface area contributed by atoms with Crippen LogP contribution in [0, 0.1) is 5.82 Å². The summed E-state index contributed by atoms with van der Waals surface area (Å²) in [7, 11) is -0.944. The van der Waals surface area contributed by atoms with Crippen molar-refractivity contribution in [1.29, 1.82) is 0 Å². The van der Waals surface area contributed by atoms with Crippen molar-refractivity contribution in [3.05, 3.63) is 71.0 Å². The highest BCUT2D eigenvalue weighted by Gasteiger charge is 2.07. The molecule has 0 aliphatic heterocycles. The van der Waals surface area contributed by atoms with E-state index in [0.29, 0.717) is 29.8 Å². The molecular formula is C17H18FNO2S. The zero-order valence-electron chi connectivity index (χ0n) is 12.3. The van der Waals surface area contributed by atoms with Crippen LogP contribution in [0.4, 0.5) is 4.39 Å². The van der Waals surface area contributed by atoms with Crippen LogP contribution in [0.1, 0.15) is 21.5 Å². The van der Waals surface area contributed by atoms with Gasteiger partial charge in [-0.2, -0.15) is 0 Å². The molecule has 2 aromatic rings. The summed E-state index contributed by atoms with van der Waals surface area (Å²) in [6.07, 6.45) is 2.07. The van der Waals surface area contributed by atoms with Crippen LogP contribution in [0.25, 0.3) is 0 Å². The number of halogens is 1. The number of nitrogens with one attached hydrogen (secondary N) is 1. The van der Waals surface area contributed by atoms with E-state index in [-0.39, 0.29) is 11.7 Å². The third-order valence-electron chi connectivity index (χ3n) is 3.20. The second kappa shape index (κ2) is 7.84. The average Bonchev–Trinajstić information content (AvgIpc) is 2.48. The van der Waals surface area contributed by atoms with Gasteiger partial charge in [0.1, 0.15) is 5.82 Å². The molecule has 0 saturated carbocycles. The summed E-state index contributed by atoms with van der Waals surface area (Å²) in [5.74, 6) is -0.0414. The SMILES string of the molecule is CS(=O)Cc1cccc(C(=O)NCCc2ccccc2F)c1. The third kappa shape index (κ3) is 4.77. The van der Waals surface area contributed by atoms with Crippen molar-refractivity contribution in [3.8, 4) is 0 Å². The maximum atomic E-state index is 13.5. The molecule has 0 aromatic heterocycles. The molecular weight excluding hydrogens is 301 g/mol. The molecule has 0 aliphatic rings. The van der Waals surface area contributed by atoms with Gasteiger partial charge in [0.15, 0.2) is 0 Å². The van der Waals surface area contributed by atoms with Crippen molar-refractivity contribution in [3.63, 3.8) is 0 Å². The molecule has 0 radical (unpaired) electrons. The lowest BCUT2D eigenvalue weighted by molar-refractivity contribution is 0.0954. The van der Waals surface area contributed by atoms with Crippen LogP contribution >= 0.6 is 0 Å². The summed E-state index contributed by atoms with van der Waals surface area (Å²) < 4.78 is 24.7. The highest BCUT2D eigenvalue weighted by atomic mass is 32.2. The molecule has 1 unspecified atom stereocenters. The molecule has 0 bridgehead atoms. The molecule has 0 saturated heterocycles. The Balaban J connectivity index is 1.92. The van der Waals surface area contributed by atoms with Crippen LogP contribution in [0.2, 0.25) is 0 Å². The Morgan fingerprint density at radius 3 is 2.68 bits per heavy atom. The van der Waals surface area contributed by atoms with Gasteiger partial charge in [-0.3, -0.25) is 9.00 Å². The number of rotatable bonds is 6. The van der Waals surface area contributed by atoms with Crippen molar-refractivity contribution >= 4 is 16.7 Å². The van der Waals surface area contributed by atoms with Crippen LogP contribution in [0.15, 0.2) is 48.5 Å². The molecule has 2 rings (SSSR count). The van der Waals surface area contributed by atoms with Gasteiger partial charge in [0.2, 0.25) is 0 Å². The summed E-state index contributed by atoms with van der Waals surface area (Å²) in [6.45, 7) is 0.365. The van der Waals surface area contributed by atoms with Crippen molar-refractivity contribution < 1.29 is 13.4 Å². The van der Waals surface area contributed by atoms with E-state index in [9.17, 15) is 13.4 Å². The van der Waals surface area contributed by atoms with E-state index in [1.807, 2.05) is 6.07 Å². The van der Waals surface area contributed by atoms with Gasteiger partial charge in [0.05, 0.1) is 0 Å². The number of hydrogen-bond acceptors (Lipinski definition) is 2. The molecule has 1 N–H and O–H groups in total. The van der Waals surface area contributed by atoms with Crippen molar-refractivity contribution in [2.24, 2.45) is 0 Å². The first-order valence-electron chi connectivity index (χ1n) is 6.97. The number of carbonyl (C=O) groups is 1. The van der Waals surface area contributed by atoms with Crippen molar-refractivity contribution in [2.75, 3.05) is 12.8 Å². The fraction of sp³-hybridized carbons (Fsp3) is 0.235. The van der Waals surface area contributed by atoms with Gasteiger partial charge in [0.25, 0.3) is 5.91 Å². The minimum Gasteiger partial charge on any atom is -0.352 e. The second-order valence-electron chi connectivity index (χ2n) is 5.02. The fourth-order valence-electron chi connectivity index (χ4n) is 2.15. The molecule has 5 heteroatoms. The second-order valence-corrected chi connectivity index (χ2v) is 6.45. The van der Waals surface area contributed by atoms with Gasteiger partial charge in [-0.1, -0.05) is 30.3 Å². The lowest BCUT2D eigenvalue weighted by atomic mass is 10.1. The first-order valence-corrected chi connectivity index (χ1v) is 8.69. The highest BCUT2D eigenvalue weighted by molar-refractivity contribution is 7.83. The number of amides is 1. The summed E-state index contributed by atoms with van der Waals surface area (Å²) in [5, 5.41) is 2.77. The zero-order valence-corrected chi connectivity index (χ0v) is 13.2. The van der Waals surface area contributed by atoms with E-state index in [1.54, 1.807) is 42.7 Å². The summed E-state index contributed by atoms with van der Waals surface area (Å²) in [4.78, 5) is 12.1. The van der Waals surface area contributed by atoms with E-state index >= 15 is 0 Å².